The molecule has 0 amide bonds. The molecule has 0 unspecified atom stereocenters. The van der Waals surface area contributed by atoms with Gasteiger partial charge in [-0.1, -0.05) is 27.0 Å². The number of carbonyl (C=O) groups is 1. The molecule has 0 spiro atoms. The Kier molecular flexibility index (Phi) is 9.27. The molecule has 13 heavy (non-hydrogen) atoms. The third-order valence-corrected chi connectivity index (χ3v) is 1.01. The van der Waals surface area contributed by atoms with Crippen LogP contribution < -0.4 is 0 Å². The molecule has 3 heteroatoms. The number of allylic oxidation sites excluding steroid dienone is 1. The van der Waals surface area contributed by atoms with Crippen LogP contribution in [-0.4, -0.2) is 18.2 Å². The second kappa shape index (κ2) is 8.59. The van der Waals surface area contributed by atoms with Gasteiger partial charge in [0.1, 0.15) is 5.76 Å². The molecule has 0 heterocycles. The van der Waals surface area contributed by atoms with Gasteiger partial charge in [0, 0.05) is 0 Å². The summed E-state index contributed by atoms with van der Waals surface area (Å²) in [4.78, 5) is 10.2. The van der Waals surface area contributed by atoms with Crippen LogP contribution in [-0.2, 0) is 9.53 Å². The lowest BCUT2D eigenvalue weighted by atomic mass is 10.3. The van der Waals surface area contributed by atoms with Crippen molar-refractivity contribution < 1.29 is 14.6 Å². The van der Waals surface area contributed by atoms with Crippen molar-refractivity contribution in [3.05, 3.63) is 36.6 Å². The average molecular weight is 184 g/mol. The fraction of sp³-hybridized carbons (Fsp3) is 0.300. The molecule has 0 radical (unpaired) electrons. The standard InChI is InChI=1S/C8H10O3.C2H6/c1-6(8(9)10)4-5-7(2)11-3;1-2/h4-5H,1-2H2,3H3,(H,9,10);1-2H3/b5-4-;. The number of ether oxygens (including phenoxy) is 1. The summed E-state index contributed by atoms with van der Waals surface area (Å²) in [6.45, 7) is 10.7. The lowest BCUT2D eigenvalue weighted by Gasteiger charge is -1.94. The van der Waals surface area contributed by atoms with Gasteiger partial charge in [-0.3, -0.25) is 0 Å². The molecule has 0 bridgehead atoms. The van der Waals surface area contributed by atoms with Gasteiger partial charge in [0.2, 0.25) is 0 Å². The van der Waals surface area contributed by atoms with E-state index in [4.69, 9.17) is 5.11 Å². The van der Waals surface area contributed by atoms with Gasteiger partial charge in [0.15, 0.2) is 0 Å². The lowest BCUT2D eigenvalue weighted by Crippen LogP contribution is -1.95. The average Bonchev–Trinajstić information content (AvgIpc) is 2.16. The van der Waals surface area contributed by atoms with Crippen LogP contribution in [0, 0.1) is 0 Å². The predicted molar refractivity (Wildman–Crippen MR) is 53.4 cm³/mol. The fourth-order valence-corrected chi connectivity index (χ4v) is 0.333. The highest BCUT2D eigenvalue weighted by Gasteiger charge is 1.97. The molecule has 74 valence electrons. The molecule has 3 nitrogen and oxygen atoms in total. The zero-order chi connectivity index (χ0) is 10.9. The maximum atomic E-state index is 10.2. The molecule has 0 aromatic rings. The van der Waals surface area contributed by atoms with Gasteiger partial charge in [-0.15, -0.1) is 0 Å². The van der Waals surface area contributed by atoms with Gasteiger partial charge in [0.05, 0.1) is 12.7 Å². The Balaban J connectivity index is 0. The first-order valence-corrected chi connectivity index (χ1v) is 3.91. The summed E-state index contributed by atoms with van der Waals surface area (Å²) in [7, 11) is 1.45. The Morgan fingerprint density at radius 3 is 2.08 bits per heavy atom. The summed E-state index contributed by atoms with van der Waals surface area (Å²) in [5, 5.41) is 8.35. The third-order valence-electron chi connectivity index (χ3n) is 1.01. The topological polar surface area (TPSA) is 46.5 Å². The van der Waals surface area contributed by atoms with Gasteiger partial charge in [-0.25, -0.2) is 4.79 Å². The van der Waals surface area contributed by atoms with E-state index in [9.17, 15) is 4.79 Å². The first-order chi connectivity index (χ1) is 6.07. The Labute approximate surface area is 79.0 Å². The smallest absolute Gasteiger partial charge is 0.335 e. The van der Waals surface area contributed by atoms with Crippen LogP contribution in [0.2, 0.25) is 0 Å². The van der Waals surface area contributed by atoms with Crippen LogP contribution in [0.4, 0.5) is 0 Å². The zero-order valence-electron chi connectivity index (χ0n) is 8.33. The van der Waals surface area contributed by atoms with Gasteiger partial charge >= 0.3 is 5.97 Å². The summed E-state index contributed by atoms with van der Waals surface area (Å²) < 4.78 is 4.67. The van der Waals surface area contributed by atoms with E-state index in [1.807, 2.05) is 13.8 Å². The summed E-state index contributed by atoms with van der Waals surface area (Å²) in [5.41, 5.74) is 0.00296. The first-order valence-electron chi connectivity index (χ1n) is 3.91. The van der Waals surface area contributed by atoms with E-state index in [2.05, 4.69) is 17.9 Å². The molecule has 0 aliphatic rings. The van der Waals surface area contributed by atoms with Crippen LogP contribution >= 0.6 is 0 Å². The molecule has 0 aliphatic heterocycles. The first kappa shape index (κ1) is 14.0. The van der Waals surface area contributed by atoms with Crippen LogP contribution in [0.15, 0.2) is 36.6 Å². The number of hydrogen-bond donors (Lipinski definition) is 1. The molecule has 1 N–H and O–H groups in total. The minimum atomic E-state index is -1.05. The van der Waals surface area contributed by atoms with E-state index in [-0.39, 0.29) is 5.57 Å². The van der Waals surface area contributed by atoms with Crippen molar-refractivity contribution in [3.63, 3.8) is 0 Å². The van der Waals surface area contributed by atoms with Gasteiger partial charge in [-0.2, -0.15) is 0 Å². The Hall–Kier alpha value is -1.51. The molecule has 0 atom stereocenters. The Bertz CT molecular complexity index is 214. The van der Waals surface area contributed by atoms with E-state index < -0.39 is 5.97 Å². The Morgan fingerprint density at radius 2 is 1.77 bits per heavy atom. The van der Waals surface area contributed by atoms with Crippen molar-refractivity contribution in [2.45, 2.75) is 13.8 Å². The molecule has 0 fully saturated rings. The summed E-state index contributed by atoms with van der Waals surface area (Å²) in [6.07, 6.45) is 2.77. The van der Waals surface area contributed by atoms with E-state index in [0.29, 0.717) is 5.76 Å². The molecule has 0 aliphatic carbocycles. The highest BCUT2D eigenvalue weighted by molar-refractivity contribution is 5.89. The minimum Gasteiger partial charge on any atom is -0.497 e. The van der Waals surface area contributed by atoms with Crippen molar-refractivity contribution in [1.82, 2.24) is 0 Å². The molecular weight excluding hydrogens is 168 g/mol. The van der Waals surface area contributed by atoms with Crippen molar-refractivity contribution in [2.75, 3.05) is 7.11 Å². The maximum Gasteiger partial charge on any atom is 0.335 e. The molecule has 0 aromatic carbocycles. The third kappa shape index (κ3) is 8.40. The normalized spacial score (nSPS) is 8.54. The molecule has 0 aromatic heterocycles. The highest BCUT2D eigenvalue weighted by atomic mass is 16.5. The molecular formula is C10H16O3. The monoisotopic (exact) mass is 184 g/mol. The quantitative estimate of drug-likeness (QED) is 0.414. The number of carboxylic acids is 1. The van der Waals surface area contributed by atoms with Gasteiger partial charge < -0.3 is 9.84 Å². The Morgan fingerprint density at radius 1 is 1.31 bits per heavy atom. The van der Waals surface area contributed by atoms with Gasteiger partial charge in [0.25, 0.3) is 0 Å². The lowest BCUT2D eigenvalue weighted by molar-refractivity contribution is -0.132. The second-order valence-corrected chi connectivity index (χ2v) is 1.83. The molecule has 0 saturated carbocycles. The number of rotatable bonds is 4. The van der Waals surface area contributed by atoms with E-state index >= 15 is 0 Å². The summed E-state index contributed by atoms with van der Waals surface area (Å²) in [6, 6.07) is 0. The van der Waals surface area contributed by atoms with Gasteiger partial charge in [-0.05, 0) is 12.2 Å². The van der Waals surface area contributed by atoms with Crippen LogP contribution in [0.25, 0.3) is 0 Å². The zero-order valence-corrected chi connectivity index (χ0v) is 8.33. The second-order valence-electron chi connectivity index (χ2n) is 1.83. The van der Waals surface area contributed by atoms with Crippen molar-refractivity contribution >= 4 is 5.97 Å². The highest BCUT2D eigenvalue weighted by Crippen LogP contribution is 1.98. The number of hydrogen-bond acceptors (Lipinski definition) is 2. The maximum absolute atomic E-state index is 10.2. The number of carboxylic acid groups (broad SMARTS) is 1. The van der Waals surface area contributed by atoms with E-state index in [1.165, 1.54) is 19.3 Å². The van der Waals surface area contributed by atoms with Crippen LogP contribution in [0.5, 0.6) is 0 Å². The van der Waals surface area contributed by atoms with Crippen LogP contribution in [0.1, 0.15) is 13.8 Å². The summed E-state index contributed by atoms with van der Waals surface area (Å²) in [5.74, 6) is -0.655. The number of methoxy groups -OCH3 is 1. The largest absolute Gasteiger partial charge is 0.497 e. The van der Waals surface area contributed by atoms with Crippen molar-refractivity contribution in [3.8, 4) is 0 Å². The van der Waals surface area contributed by atoms with Crippen molar-refractivity contribution in [2.24, 2.45) is 0 Å². The predicted octanol–water partition coefficient (Wildman–Crippen LogP) is 2.37. The van der Waals surface area contributed by atoms with Crippen LogP contribution in [0.3, 0.4) is 0 Å². The van der Waals surface area contributed by atoms with E-state index in [1.54, 1.807) is 0 Å². The summed E-state index contributed by atoms with van der Waals surface area (Å²) >= 11 is 0. The van der Waals surface area contributed by atoms with Crippen molar-refractivity contribution in [1.29, 1.82) is 0 Å². The van der Waals surface area contributed by atoms with E-state index in [0.717, 1.165) is 0 Å². The SMILES string of the molecule is C=C(/C=C\C(=C)C(=O)O)OC.CC. The molecule has 0 saturated heterocycles. The molecule has 0 rings (SSSR count). The fourth-order valence-electron chi connectivity index (χ4n) is 0.333. The minimum absolute atomic E-state index is 0.00296. The number of aliphatic carboxylic acids is 1.